The molecule has 6 nitrogen and oxygen atoms in total. The van der Waals surface area contributed by atoms with Crippen LogP contribution in [0.25, 0.3) is 10.2 Å². The van der Waals surface area contributed by atoms with Crippen molar-refractivity contribution in [2.24, 2.45) is 0 Å². The van der Waals surface area contributed by atoms with E-state index in [0.29, 0.717) is 13.3 Å². The molecular weight excluding hydrogens is 396 g/mol. The Balaban J connectivity index is 1.50. The first-order chi connectivity index (χ1) is 13.8. The van der Waals surface area contributed by atoms with Crippen LogP contribution >= 0.6 is 23.1 Å². The average molecular weight is 423 g/mol. The fourth-order valence-corrected chi connectivity index (χ4v) is 6.66. The summed E-state index contributed by atoms with van der Waals surface area (Å²) in [6, 6.07) is 0. The minimum absolute atomic E-state index is 0.116. The molecule has 0 unspecified atom stereocenters. The molecule has 28 heavy (non-hydrogen) atoms. The number of aryl methyl sites for hydroxylation is 2. The maximum Gasteiger partial charge on any atom is 0.263 e. The summed E-state index contributed by atoms with van der Waals surface area (Å²) >= 11 is 3.35. The highest BCUT2D eigenvalue weighted by Gasteiger charge is 2.25. The Morgan fingerprint density at radius 2 is 2.04 bits per heavy atom. The zero-order valence-corrected chi connectivity index (χ0v) is 17.6. The van der Waals surface area contributed by atoms with Crippen LogP contribution in [0.2, 0.25) is 0 Å². The van der Waals surface area contributed by atoms with Gasteiger partial charge in [-0.1, -0.05) is 11.8 Å². The highest BCUT2D eigenvalue weighted by atomic mass is 32.2. The molecule has 0 bridgehead atoms. The van der Waals surface area contributed by atoms with Crippen LogP contribution in [-0.2, 0) is 33.6 Å². The minimum Gasteiger partial charge on any atom is -0.376 e. The second-order valence-corrected chi connectivity index (χ2v) is 9.82. The van der Waals surface area contributed by atoms with Crippen molar-refractivity contribution in [1.82, 2.24) is 9.55 Å². The number of nitrogens with zero attached hydrogens (tertiary/aromatic N) is 2. The van der Waals surface area contributed by atoms with Crippen molar-refractivity contribution in [2.45, 2.75) is 68.9 Å². The van der Waals surface area contributed by atoms with Gasteiger partial charge in [-0.15, -0.1) is 11.3 Å². The molecule has 8 heteroatoms. The first-order valence-electron chi connectivity index (χ1n) is 10.3. The van der Waals surface area contributed by atoms with Crippen molar-refractivity contribution < 1.29 is 14.2 Å². The number of fused-ring (bicyclic) bond motifs is 3. The molecule has 2 atom stereocenters. The lowest BCUT2D eigenvalue weighted by Gasteiger charge is -2.23. The third kappa shape index (κ3) is 3.77. The van der Waals surface area contributed by atoms with Crippen molar-refractivity contribution in [1.29, 1.82) is 0 Å². The lowest BCUT2D eigenvalue weighted by atomic mass is 9.97. The largest absolute Gasteiger partial charge is 0.376 e. The molecule has 0 spiro atoms. The third-order valence-electron chi connectivity index (χ3n) is 5.82. The van der Waals surface area contributed by atoms with Crippen LogP contribution in [0.15, 0.2) is 9.95 Å². The molecule has 0 N–H and O–H groups in total. The fourth-order valence-electron chi connectivity index (χ4n) is 4.28. The number of ether oxygens (including phenoxy) is 3. The maximum atomic E-state index is 13.5. The number of aromatic nitrogens is 2. The van der Waals surface area contributed by atoms with Crippen LogP contribution in [-0.4, -0.2) is 47.5 Å². The van der Waals surface area contributed by atoms with E-state index < -0.39 is 0 Å². The number of thiophene rings is 1. The molecule has 2 aromatic rings. The molecule has 0 radical (unpaired) electrons. The molecule has 152 valence electrons. The molecule has 2 saturated heterocycles. The van der Waals surface area contributed by atoms with Crippen molar-refractivity contribution in [2.75, 3.05) is 25.8 Å². The van der Waals surface area contributed by atoms with Crippen LogP contribution in [0.4, 0.5) is 0 Å². The van der Waals surface area contributed by atoms with E-state index in [2.05, 4.69) is 0 Å². The Bertz CT molecular complexity index is 898. The van der Waals surface area contributed by atoms with Crippen LogP contribution in [0.1, 0.15) is 42.5 Å². The molecule has 0 aromatic carbocycles. The molecule has 0 saturated carbocycles. The molecular formula is C20H26N2O4S2. The summed E-state index contributed by atoms with van der Waals surface area (Å²) in [6.45, 7) is 2.49. The second-order valence-electron chi connectivity index (χ2n) is 7.75. The van der Waals surface area contributed by atoms with Crippen molar-refractivity contribution in [3.05, 3.63) is 20.8 Å². The van der Waals surface area contributed by atoms with Gasteiger partial charge in [0, 0.05) is 17.2 Å². The molecule has 4 heterocycles. The van der Waals surface area contributed by atoms with Crippen LogP contribution < -0.4 is 5.56 Å². The van der Waals surface area contributed by atoms with Gasteiger partial charge in [0.15, 0.2) is 5.16 Å². The highest BCUT2D eigenvalue weighted by molar-refractivity contribution is 7.99. The van der Waals surface area contributed by atoms with Crippen LogP contribution in [0.3, 0.4) is 0 Å². The van der Waals surface area contributed by atoms with E-state index in [9.17, 15) is 4.79 Å². The van der Waals surface area contributed by atoms with E-state index in [0.717, 1.165) is 66.4 Å². The lowest BCUT2D eigenvalue weighted by Crippen LogP contribution is -2.30. The van der Waals surface area contributed by atoms with E-state index in [1.54, 1.807) is 23.1 Å². The lowest BCUT2D eigenvalue weighted by molar-refractivity contribution is -0.130. The van der Waals surface area contributed by atoms with Crippen LogP contribution in [0, 0.1) is 0 Å². The van der Waals surface area contributed by atoms with Gasteiger partial charge in [-0.25, -0.2) is 4.98 Å². The molecule has 1 aliphatic carbocycles. The van der Waals surface area contributed by atoms with Gasteiger partial charge in [-0.05, 0) is 50.5 Å². The molecule has 5 rings (SSSR count). The smallest absolute Gasteiger partial charge is 0.263 e. The summed E-state index contributed by atoms with van der Waals surface area (Å²) in [5, 5.41) is 1.67. The van der Waals surface area contributed by atoms with E-state index in [4.69, 9.17) is 19.2 Å². The summed E-state index contributed by atoms with van der Waals surface area (Å²) in [5.74, 6) is 0.790. The molecule has 2 aliphatic heterocycles. The Hall–Kier alpha value is -0.930. The summed E-state index contributed by atoms with van der Waals surface area (Å²) < 4.78 is 18.7. The average Bonchev–Trinajstić information content (AvgIpc) is 3.37. The topological polar surface area (TPSA) is 62.6 Å². The maximum absolute atomic E-state index is 13.5. The quantitative estimate of drug-likeness (QED) is 0.544. The fraction of sp³-hybridized carbons (Fsp3) is 0.700. The number of hydrogen-bond acceptors (Lipinski definition) is 7. The summed E-state index contributed by atoms with van der Waals surface area (Å²) in [7, 11) is 0. The molecule has 0 amide bonds. The molecule has 2 fully saturated rings. The van der Waals surface area contributed by atoms with Gasteiger partial charge in [-0.3, -0.25) is 9.36 Å². The summed E-state index contributed by atoms with van der Waals surface area (Å²) in [6.07, 6.45) is 7.71. The standard InChI is InChI=1S/C20H26N2O4S2/c23-19-17-15-5-1-2-6-16(15)28-18(17)21-20(22(19)10-13-4-3-8-25-13)27-11-14-7-9-24-12-26-14/h13-14H,1-12H2/t13-,14-/m0/s1. The Kier molecular flexibility index (Phi) is 5.74. The minimum atomic E-state index is 0.116. The Morgan fingerprint density at radius 1 is 1.11 bits per heavy atom. The van der Waals surface area contributed by atoms with Gasteiger partial charge in [0.1, 0.15) is 11.6 Å². The van der Waals surface area contributed by atoms with Crippen molar-refractivity contribution in [3.63, 3.8) is 0 Å². The van der Waals surface area contributed by atoms with E-state index in [1.807, 2.05) is 4.57 Å². The third-order valence-corrected chi connectivity index (χ3v) is 8.11. The normalized spacial score (nSPS) is 25.3. The first kappa shape index (κ1) is 19.1. The molecule has 3 aliphatic rings. The van der Waals surface area contributed by atoms with Crippen molar-refractivity contribution in [3.8, 4) is 0 Å². The van der Waals surface area contributed by atoms with E-state index in [-0.39, 0.29) is 17.8 Å². The number of rotatable bonds is 5. The molecule has 2 aromatic heterocycles. The van der Waals surface area contributed by atoms with Gasteiger partial charge in [0.2, 0.25) is 0 Å². The predicted molar refractivity (Wildman–Crippen MR) is 111 cm³/mol. The SMILES string of the molecule is O=c1c2c3c(sc2nc(SC[C@@H]2CCOCO2)n1C[C@@H]1CCCO1)CCCC3. The zero-order chi connectivity index (χ0) is 18.9. The highest BCUT2D eigenvalue weighted by Crippen LogP contribution is 2.35. The second kappa shape index (κ2) is 8.44. The van der Waals surface area contributed by atoms with E-state index in [1.165, 1.54) is 23.3 Å². The monoisotopic (exact) mass is 422 g/mol. The number of thioether (sulfide) groups is 1. The van der Waals surface area contributed by atoms with Gasteiger partial charge in [0.25, 0.3) is 5.56 Å². The van der Waals surface area contributed by atoms with Gasteiger partial charge >= 0.3 is 0 Å². The van der Waals surface area contributed by atoms with Crippen molar-refractivity contribution >= 4 is 33.3 Å². The van der Waals surface area contributed by atoms with Gasteiger partial charge in [0.05, 0.1) is 30.7 Å². The Labute approximate surface area is 172 Å². The first-order valence-corrected chi connectivity index (χ1v) is 12.1. The predicted octanol–water partition coefficient (Wildman–Crippen LogP) is 3.37. The zero-order valence-electron chi connectivity index (χ0n) is 16.0. The Morgan fingerprint density at radius 3 is 2.86 bits per heavy atom. The van der Waals surface area contributed by atoms with Crippen LogP contribution in [0.5, 0.6) is 0 Å². The van der Waals surface area contributed by atoms with Gasteiger partial charge < -0.3 is 14.2 Å². The van der Waals surface area contributed by atoms with E-state index >= 15 is 0 Å². The summed E-state index contributed by atoms with van der Waals surface area (Å²) in [5.41, 5.74) is 1.38. The van der Waals surface area contributed by atoms with Gasteiger partial charge in [-0.2, -0.15) is 0 Å². The summed E-state index contributed by atoms with van der Waals surface area (Å²) in [4.78, 5) is 20.8. The number of hydrogen-bond donors (Lipinski definition) is 0.